The first-order chi connectivity index (χ1) is 20.2. The Morgan fingerprint density at radius 2 is 1.81 bits per heavy atom. The van der Waals surface area contributed by atoms with Crippen LogP contribution < -0.4 is 5.32 Å². The van der Waals surface area contributed by atoms with Gasteiger partial charge in [-0.1, -0.05) is 68.9 Å². The first kappa shape index (κ1) is 29.7. The lowest BCUT2D eigenvalue weighted by Crippen LogP contribution is -2.41. The summed E-state index contributed by atoms with van der Waals surface area (Å²) in [5.74, 6) is -0.874. The fourth-order valence-corrected chi connectivity index (χ4v) is 7.28. The zero-order valence-electron chi connectivity index (χ0n) is 23.8. The van der Waals surface area contributed by atoms with Gasteiger partial charge in [-0.25, -0.2) is 4.79 Å². The number of anilines is 1. The number of amides is 3. The molecule has 2 fully saturated rings. The number of nitrogens with zero attached hydrogens (tertiary/aromatic N) is 4. The number of amidine groups is 1. The molecule has 2 unspecified atom stereocenters. The van der Waals surface area contributed by atoms with E-state index in [0.717, 1.165) is 23.0 Å². The van der Waals surface area contributed by atoms with Crippen molar-refractivity contribution in [2.75, 3.05) is 18.0 Å². The number of hydrogen-bond donors (Lipinski definition) is 1. The van der Waals surface area contributed by atoms with E-state index in [1.54, 1.807) is 23.2 Å². The van der Waals surface area contributed by atoms with Crippen LogP contribution in [-0.4, -0.2) is 61.9 Å². The van der Waals surface area contributed by atoms with Gasteiger partial charge in [0.25, 0.3) is 5.91 Å². The molecule has 3 atom stereocenters. The summed E-state index contributed by atoms with van der Waals surface area (Å²) in [6.45, 7) is 7.00. The number of thioether (sulfide) groups is 1. The van der Waals surface area contributed by atoms with Crippen LogP contribution in [0.2, 0.25) is 0 Å². The molecule has 2 aliphatic rings. The Morgan fingerprint density at radius 1 is 1.07 bits per heavy atom. The van der Waals surface area contributed by atoms with Crippen LogP contribution in [0.25, 0.3) is 0 Å². The van der Waals surface area contributed by atoms with Crippen LogP contribution in [0, 0.1) is 0 Å². The molecular weight excluding hydrogens is 569 g/mol. The van der Waals surface area contributed by atoms with Crippen LogP contribution >= 0.6 is 20.3 Å². The largest absolute Gasteiger partial charge is 0.445 e. The first-order valence-corrected chi connectivity index (χ1v) is 15.9. The van der Waals surface area contributed by atoms with Crippen molar-refractivity contribution in [2.45, 2.75) is 50.5 Å². The molecule has 11 heteroatoms. The topological polar surface area (TPSA) is 104 Å². The number of carbonyl (C=O) groups is 3. The maximum atomic E-state index is 13.6. The Bertz CT molecular complexity index is 1450. The minimum Gasteiger partial charge on any atom is -0.445 e. The van der Waals surface area contributed by atoms with E-state index >= 15 is 0 Å². The Kier molecular flexibility index (Phi) is 9.24. The molecule has 3 heterocycles. The molecule has 5 rings (SSSR count). The second-order valence-corrected chi connectivity index (χ2v) is 13.5. The van der Waals surface area contributed by atoms with Crippen molar-refractivity contribution in [3.05, 3.63) is 95.8 Å². The van der Waals surface area contributed by atoms with Crippen molar-refractivity contribution < 1.29 is 19.1 Å². The number of aliphatic imine (C=N–C) groups is 1. The predicted octanol–water partition coefficient (Wildman–Crippen LogP) is 5.65. The number of benzene rings is 2. The summed E-state index contributed by atoms with van der Waals surface area (Å²) in [5.41, 5.74) is 2.75. The van der Waals surface area contributed by atoms with Crippen LogP contribution in [0.1, 0.15) is 42.8 Å². The number of rotatable bonds is 7. The highest BCUT2D eigenvalue weighted by Crippen LogP contribution is 2.41. The van der Waals surface area contributed by atoms with Crippen molar-refractivity contribution in [1.82, 2.24) is 14.8 Å². The van der Waals surface area contributed by atoms with Crippen molar-refractivity contribution in [1.29, 1.82) is 0 Å². The number of aromatic nitrogens is 1. The Labute approximate surface area is 251 Å². The minimum atomic E-state index is -0.573. The highest BCUT2D eigenvalue weighted by molar-refractivity contribution is 8.15. The predicted molar refractivity (Wildman–Crippen MR) is 168 cm³/mol. The molecule has 0 saturated carbocycles. The third-order valence-corrected chi connectivity index (χ3v) is 9.30. The lowest BCUT2D eigenvalue weighted by atomic mass is 10.1. The second-order valence-electron chi connectivity index (χ2n) is 11.0. The fourth-order valence-electron chi connectivity index (χ4n) is 4.58. The average molecular weight is 604 g/mol. The van der Waals surface area contributed by atoms with E-state index in [-0.39, 0.29) is 24.0 Å². The lowest BCUT2D eigenvalue weighted by Gasteiger charge is -2.23. The monoisotopic (exact) mass is 603 g/mol. The van der Waals surface area contributed by atoms with Gasteiger partial charge in [-0.05, 0) is 62.3 Å². The summed E-state index contributed by atoms with van der Waals surface area (Å²) >= 11 is 1.43. The molecule has 2 aromatic carbocycles. The maximum Gasteiger partial charge on any atom is 0.411 e. The van der Waals surface area contributed by atoms with Gasteiger partial charge in [0, 0.05) is 18.4 Å². The van der Waals surface area contributed by atoms with Crippen molar-refractivity contribution in [2.24, 2.45) is 4.99 Å². The lowest BCUT2D eigenvalue weighted by molar-refractivity contribution is -0.126. The quantitative estimate of drug-likeness (QED) is 0.350. The number of ether oxygens (including phenoxy) is 1. The summed E-state index contributed by atoms with van der Waals surface area (Å²) in [6, 6.07) is 22.4. The SMILES string of the molecule is CC(C)(C)N=C1SC(c2ccc(NC(=O)[C@@H]3PCCN3C(=O)OCc3ccccc3)cc2)C(=O)N1Cc1ccccn1. The van der Waals surface area contributed by atoms with E-state index in [9.17, 15) is 14.4 Å². The maximum absolute atomic E-state index is 13.6. The highest BCUT2D eigenvalue weighted by atomic mass is 32.2. The summed E-state index contributed by atoms with van der Waals surface area (Å²) in [7, 11) is 0.293. The Morgan fingerprint density at radius 3 is 2.50 bits per heavy atom. The van der Waals surface area contributed by atoms with Crippen molar-refractivity contribution >= 4 is 49.1 Å². The summed E-state index contributed by atoms with van der Waals surface area (Å²) in [4.78, 5) is 51.9. The molecule has 42 heavy (non-hydrogen) atoms. The molecule has 0 bridgehead atoms. The van der Waals surface area contributed by atoms with Crippen molar-refractivity contribution in [3.63, 3.8) is 0 Å². The molecule has 0 radical (unpaired) electrons. The molecule has 0 spiro atoms. The van der Waals surface area contributed by atoms with E-state index in [4.69, 9.17) is 9.73 Å². The molecule has 9 nitrogen and oxygen atoms in total. The van der Waals surface area contributed by atoms with Gasteiger partial charge in [0.05, 0.1) is 17.8 Å². The number of nitrogens with one attached hydrogen (secondary N) is 1. The third-order valence-electron chi connectivity index (χ3n) is 6.59. The molecule has 0 aliphatic carbocycles. The van der Waals surface area contributed by atoms with Crippen LogP contribution in [0.4, 0.5) is 10.5 Å². The smallest absolute Gasteiger partial charge is 0.411 e. The fraction of sp³-hybridized carbons (Fsp3) is 0.323. The third kappa shape index (κ3) is 7.36. The zero-order chi connectivity index (χ0) is 29.7. The van der Waals surface area contributed by atoms with Crippen LogP contribution in [0.5, 0.6) is 0 Å². The minimum absolute atomic E-state index is 0.0535. The van der Waals surface area contributed by atoms with E-state index in [2.05, 4.69) is 10.3 Å². The molecule has 3 amide bonds. The molecule has 2 aliphatic heterocycles. The van der Waals surface area contributed by atoms with E-state index in [0.29, 0.717) is 32.5 Å². The standard InChI is InChI=1S/C31H34N5O4PS/c1-31(2,3)34-29-36(19-24-11-7-8-16-32-24)27(38)25(42-29)22-12-14-23(15-13-22)33-26(37)28-35(17-18-41-28)30(39)40-20-21-9-5-4-6-10-21/h4-16,25,28,41H,17-20H2,1-3H3,(H,33,37)/t25?,28-/m0/s1. The van der Waals surface area contributed by atoms with Gasteiger partial charge < -0.3 is 10.1 Å². The van der Waals surface area contributed by atoms with Crippen LogP contribution in [0.15, 0.2) is 84.0 Å². The molecular formula is C31H34N5O4PS. The van der Waals surface area contributed by atoms with Gasteiger partial charge in [-0.2, -0.15) is 0 Å². The molecule has 2 saturated heterocycles. The van der Waals surface area contributed by atoms with Crippen LogP contribution in [0.3, 0.4) is 0 Å². The highest BCUT2D eigenvalue weighted by Gasteiger charge is 2.40. The van der Waals surface area contributed by atoms with Crippen LogP contribution in [-0.2, 0) is 27.5 Å². The summed E-state index contributed by atoms with van der Waals surface area (Å²) in [6.07, 6.45) is 1.98. The van der Waals surface area contributed by atoms with E-state index in [1.165, 1.54) is 16.7 Å². The molecule has 3 aromatic rings. The molecule has 1 aromatic heterocycles. The zero-order valence-corrected chi connectivity index (χ0v) is 25.6. The second kappa shape index (κ2) is 13.0. The van der Waals surface area contributed by atoms with E-state index in [1.807, 2.05) is 81.4 Å². The average Bonchev–Trinajstić information content (AvgIpc) is 3.58. The Hall–Kier alpha value is -3.75. The van der Waals surface area contributed by atoms with Gasteiger partial charge >= 0.3 is 6.09 Å². The Balaban J connectivity index is 1.23. The number of carbonyl (C=O) groups excluding carboxylic acids is 3. The summed E-state index contributed by atoms with van der Waals surface area (Å²) in [5, 5.41) is 3.15. The normalized spacial score (nSPS) is 20.4. The molecule has 218 valence electrons. The van der Waals surface area contributed by atoms with Gasteiger partial charge in [-0.3, -0.25) is 29.4 Å². The van der Waals surface area contributed by atoms with Gasteiger partial charge in [0.15, 0.2) is 5.17 Å². The van der Waals surface area contributed by atoms with Gasteiger partial charge in [0.2, 0.25) is 5.91 Å². The van der Waals surface area contributed by atoms with Gasteiger partial charge in [-0.15, -0.1) is 0 Å². The first-order valence-electron chi connectivity index (χ1n) is 13.8. The number of hydrogen-bond acceptors (Lipinski definition) is 7. The van der Waals surface area contributed by atoms with Crippen molar-refractivity contribution in [3.8, 4) is 0 Å². The molecule has 1 N–H and O–H groups in total. The summed E-state index contributed by atoms with van der Waals surface area (Å²) < 4.78 is 5.47. The van der Waals surface area contributed by atoms with Gasteiger partial charge in [0.1, 0.15) is 17.6 Å². The van der Waals surface area contributed by atoms with E-state index < -0.39 is 17.1 Å². The number of pyridine rings is 1.